The second kappa shape index (κ2) is 9.94. The molecule has 1 aromatic heterocycles. The maximum absolute atomic E-state index is 13.1. The fraction of sp³-hybridized carbons (Fsp3) is 0.333. The van der Waals surface area contributed by atoms with Crippen LogP contribution in [0.2, 0.25) is 10.0 Å². The van der Waals surface area contributed by atoms with Crippen molar-refractivity contribution in [3.8, 4) is 5.75 Å². The van der Waals surface area contributed by atoms with Crippen LogP contribution >= 0.6 is 23.2 Å². The van der Waals surface area contributed by atoms with E-state index < -0.39 is 0 Å². The van der Waals surface area contributed by atoms with Crippen molar-refractivity contribution in [1.29, 1.82) is 0 Å². The molecule has 2 heterocycles. The maximum atomic E-state index is 13.1. The number of carbonyl (C=O) groups excluding carboxylic acids is 1. The normalized spacial score (nSPS) is 14.6. The number of carbonyl (C=O) groups is 1. The molecule has 1 aliphatic rings. The van der Waals surface area contributed by atoms with E-state index in [-0.39, 0.29) is 12.5 Å². The van der Waals surface area contributed by atoms with Gasteiger partial charge in [-0.25, -0.2) is 0 Å². The summed E-state index contributed by atoms with van der Waals surface area (Å²) in [6.07, 6.45) is 0. The molecule has 1 saturated heterocycles. The lowest BCUT2D eigenvalue weighted by Crippen LogP contribution is -2.48. The highest BCUT2D eigenvalue weighted by molar-refractivity contribution is 6.42. The van der Waals surface area contributed by atoms with Crippen LogP contribution in [0, 0.1) is 13.8 Å². The zero-order chi connectivity index (χ0) is 22.7. The summed E-state index contributed by atoms with van der Waals surface area (Å²) in [6.45, 7) is 7.57. The van der Waals surface area contributed by atoms with Gasteiger partial charge in [-0.1, -0.05) is 52.1 Å². The second-order valence-electron chi connectivity index (χ2n) is 7.98. The third-order valence-electron chi connectivity index (χ3n) is 5.64. The summed E-state index contributed by atoms with van der Waals surface area (Å²) in [7, 11) is 0. The van der Waals surface area contributed by atoms with Crippen LogP contribution in [0.1, 0.15) is 32.9 Å². The summed E-state index contributed by atoms with van der Waals surface area (Å²) >= 11 is 12.1. The van der Waals surface area contributed by atoms with Crippen LogP contribution < -0.4 is 4.74 Å². The molecule has 0 N–H and O–H groups in total. The van der Waals surface area contributed by atoms with Crippen molar-refractivity contribution >= 4 is 29.1 Å². The van der Waals surface area contributed by atoms with E-state index in [4.69, 9.17) is 32.5 Å². The van der Waals surface area contributed by atoms with Crippen molar-refractivity contribution < 1.29 is 14.1 Å². The van der Waals surface area contributed by atoms with Crippen LogP contribution in [-0.4, -0.2) is 47.0 Å². The molecule has 1 amide bonds. The highest BCUT2D eigenvalue weighted by Crippen LogP contribution is 2.24. The number of hydrogen-bond acceptors (Lipinski definition) is 5. The molecule has 0 saturated carbocycles. The van der Waals surface area contributed by atoms with Crippen molar-refractivity contribution in [2.75, 3.05) is 26.2 Å². The number of ether oxygens (including phenoxy) is 1. The fourth-order valence-corrected chi connectivity index (χ4v) is 3.99. The van der Waals surface area contributed by atoms with Gasteiger partial charge in [-0.05, 0) is 43.7 Å². The summed E-state index contributed by atoms with van der Waals surface area (Å²) in [5, 5.41) is 5.14. The minimum absolute atomic E-state index is 0.126. The molecule has 0 aliphatic carbocycles. The first-order valence-electron chi connectivity index (χ1n) is 10.5. The van der Waals surface area contributed by atoms with Gasteiger partial charge in [0.05, 0.1) is 15.6 Å². The van der Waals surface area contributed by atoms with Gasteiger partial charge in [0.15, 0.2) is 5.69 Å². The van der Waals surface area contributed by atoms with Gasteiger partial charge in [0.1, 0.15) is 18.1 Å². The Morgan fingerprint density at radius 2 is 1.75 bits per heavy atom. The number of piperazine rings is 1. The van der Waals surface area contributed by atoms with Crippen molar-refractivity contribution in [3.63, 3.8) is 0 Å². The van der Waals surface area contributed by atoms with Crippen molar-refractivity contribution in [1.82, 2.24) is 15.0 Å². The third kappa shape index (κ3) is 5.26. The van der Waals surface area contributed by atoms with Crippen LogP contribution in [0.5, 0.6) is 5.75 Å². The summed E-state index contributed by atoms with van der Waals surface area (Å²) in [6, 6.07) is 13.5. The average molecular weight is 474 g/mol. The third-order valence-corrected chi connectivity index (χ3v) is 6.38. The number of nitrogens with zero attached hydrogens (tertiary/aromatic N) is 3. The Morgan fingerprint density at radius 1 is 1.03 bits per heavy atom. The quantitative estimate of drug-likeness (QED) is 0.496. The van der Waals surface area contributed by atoms with Crippen molar-refractivity contribution in [3.05, 3.63) is 80.7 Å². The SMILES string of the molecule is Cc1ccc(OCc2c(C(=O)N3CCN(Cc4ccc(Cl)c(Cl)c4)CC3)noc2C)cc1. The fourth-order valence-electron chi connectivity index (χ4n) is 3.67. The number of rotatable bonds is 6. The molecule has 168 valence electrons. The van der Waals surface area contributed by atoms with E-state index in [2.05, 4.69) is 10.1 Å². The molecule has 1 aliphatic heterocycles. The molecule has 4 rings (SSSR count). The van der Waals surface area contributed by atoms with Crippen LogP contribution in [0.15, 0.2) is 47.0 Å². The summed E-state index contributed by atoms with van der Waals surface area (Å²) in [4.78, 5) is 17.2. The molecule has 0 radical (unpaired) electrons. The topological polar surface area (TPSA) is 58.8 Å². The lowest BCUT2D eigenvalue weighted by Gasteiger charge is -2.34. The van der Waals surface area contributed by atoms with Crippen LogP contribution in [0.25, 0.3) is 0 Å². The van der Waals surface area contributed by atoms with Gasteiger partial charge in [-0.3, -0.25) is 9.69 Å². The molecule has 2 aromatic carbocycles. The highest BCUT2D eigenvalue weighted by atomic mass is 35.5. The number of amides is 1. The standard InChI is InChI=1S/C24H25Cl2N3O3/c1-16-3-6-19(7-4-16)31-15-20-17(2)32-27-23(20)24(30)29-11-9-28(10-12-29)14-18-5-8-21(25)22(26)13-18/h3-8,13H,9-12,14-15H2,1-2H3. The molecule has 32 heavy (non-hydrogen) atoms. The van der Waals surface area contributed by atoms with Crippen LogP contribution in [0.3, 0.4) is 0 Å². The van der Waals surface area contributed by atoms with Gasteiger partial charge in [-0.15, -0.1) is 0 Å². The monoisotopic (exact) mass is 473 g/mol. The summed E-state index contributed by atoms with van der Waals surface area (Å²) in [5.74, 6) is 1.21. The van der Waals surface area contributed by atoms with Gasteiger partial charge in [0, 0.05) is 32.7 Å². The Labute approximate surface area is 197 Å². The Bertz CT molecular complexity index is 1090. The Hall–Kier alpha value is -2.54. The predicted molar refractivity (Wildman–Crippen MR) is 124 cm³/mol. The van der Waals surface area contributed by atoms with E-state index in [1.807, 2.05) is 54.3 Å². The molecular weight excluding hydrogens is 449 g/mol. The summed E-state index contributed by atoms with van der Waals surface area (Å²) < 4.78 is 11.2. The summed E-state index contributed by atoms with van der Waals surface area (Å²) in [5.41, 5.74) is 3.27. The molecule has 6 nitrogen and oxygen atoms in total. The van der Waals surface area contributed by atoms with E-state index in [1.54, 1.807) is 6.92 Å². The molecule has 3 aromatic rings. The first kappa shape index (κ1) is 22.6. The van der Waals surface area contributed by atoms with Gasteiger partial charge in [0.2, 0.25) is 0 Å². The van der Waals surface area contributed by atoms with Crippen LogP contribution in [-0.2, 0) is 13.2 Å². The van der Waals surface area contributed by atoms with Crippen LogP contribution in [0.4, 0.5) is 0 Å². The molecule has 0 unspecified atom stereocenters. The molecule has 0 spiro atoms. The minimum Gasteiger partial charge on any atom is -0.489 e. The highest BCUT2D eigenvalue weighted by Gasteiger charge is 2.28. The maximum Gasteiger partial charge on any atom is 0.276 e. The molecule has 0 atom stereocenters. The first-order valence-corrected chi connectivity index (χ1v) is 11.3. The van der Waals surface area contributed by atoms with E-state index >= 15 is 0 Å². The van der Waals surface area contributed by atoms with E-state index in [0.29, 0.717) is 40.2 Å². The molecular formula is C24H25Cl2N3O3. The lowest BCUT2D eigenvalue weighted by molar-refractivity contribution is 0.0616. The zero-order valence-electron chi connectivity index (χ0n) is 18.1. The Morgan fingerprint density at radius 3 is 2.44 bits per heavy atom. The number of aromatic nitrogens is 1. The average Bonchev–Trinajstić information content (AvgIpc) is 3.16. The molecule has 8 heteroatoms. The molecule has 0 bridgehead atoms. The van der Waals surface area contributed by atoms with Crippen molar-refractivity contribution in [2.45, 2.75) is 27.0 Å². The Balaban J connectivity index is 1.36. The Kier molecular flexibility index (Phi) is 7.04. The number of halogens is 2. The van der Waals surface area contributed by atoms with E-state index in [1.165, 1.54) is 0 Å². The second-order valence-corrected chi connectivity index (χ2v) is 8.80. The molecule has 1 fully saturated rings. The van der Waals surface area contributed by atoms with Crippen molar-refractivity contribution in [2.24, 2.45) is 0 Å². The number of aryl methyl sites for hydroxylation is 2. The largest absolute Gasteiger partial charge is 0.489 e. The smallest absolute Gasteiger partial charge is 0.276 e. The minimum atomic E-state index is -0.126. The van der Waals surface area contributed by atoms with E-state index in [0.717, 1.165) is 36.5 Å². The van der Waals surface area contributed by atoms with Gasteiger partial charge < -0.3 is 14.2 Å². The number of hydrogen-bond donors (Lipinski definition) is 0. The van der Waals surface area contributed by atoms with Gasteiger partial charge in [-0.2, -0.15) is 0 Å². The van der Waals surface area contributed by atoms with Gasteiger partial charge >= 0.3 is 0 Å². The zero-order valence-corrected chi connectivity index (χ0v) is 19.6. The first-order chi connectivity index (χ1) is 15.4. The van der Waals surface area contributed by atoms with Gasteiger partial charge in [0.25, 0.3) is 5.91 Å². The predicted octanol–water partition coefficient (Wildman–Crippen LogP) is 5.14. The number of benzene rings is 2. The van der Waals surface area contributed by atoms with E-state index in [9.17, 15) is 4.79 Å². The lowest BCUT2D eigenvalue weighted by atomic mass is 10.1.